The summed E-state index contributed by atoms with van der Waals surface area (Å²) >= 11 is 6.22. The summed E-state index contributed by atoms with van der Waals surface area (Å²) in [5, 5.41) is 12.6. The Kier molecular flexibility index (Phi) is 3.54. The van der Waals surface area contributed by atoms with Gasteiger partial charge in [-0.15, -0.1) is 0 Å². The van der Waals surface area contributed by atoms with Gasteiger partial charge in [-0.2, -0.15) is 0 Å². The summed E-state index contributed by atoms with van der Waals surface area (Å²) in [4.78, 5) is 0. The number of aliphatic hydroxyl groups is 1. The minimum absolute atomic E-state index is 0.456. The molecule has 0 heterocycles. The van der Waals surface area contributed by atoms with Gasteiger partial charge in [0.2, 0.25) is 0 Å². The molecule has 0 spiro atoms. The van der Waals surface area contributed by atoms with E-state index in [-0.39, 0.29) is 0 Å². The maximum Gasteiger partial charge on any atom is 0.0958 e. The molecule has 3 fully saturated rings. The van der Waals surface area contributed by atoms with Gasteiger partial charge in [-0.3, -0.25) is 0 Å². The van der Waals surface area contributed by atoms with Crippen molar-refractivity contribution in [2.75, 3.05) is 0 Å². The van der Waals surface area contributed by atoms with Gasteiger partial charge >= 0.3 is 0 Å². The molecule has 2 heteroatoms. The van der Waals surface area contributed by atoms with Gasteiger partial charge in [0, 0.05) is 5.02 Å². The lowest BCUT2D eigenvalue weighted by Crippen LogP contribution is -2.39. The number of hydrogen-bond donors (Lipinski definition) is 1. The topological polar surface area (TPSA) is 20.2 Å². The minimum atomic E-state index is -0.624. The van der Waals surface area contributed by atoms with Crippen LogP contribution in [0.3, 0.4) is 0 Å². The quantitative estimate of drug-likeness (QED) is 0.760. The molecule has 1 aromatic rings. The van der Waals surface area contributed by atoms with Crippen LogP contribution in [0.15, 0.2) is 24.3 Å². The van der Waals surface area contributed by atoms with E-state index in [1.54, 1.807) is 0 Å². The van der Waals surface area contributed by atoms with Gasteiger partial charge < -0.3 is 5.11 Å². The molecule has 5 atom stereocenters. The van der Waals surface area contributed by atoms with Crippen LogP contribution < -0.4 is 0 Å². The number of benzene rings is 1. The molecule has 0 aromatic heterocycles. The molecule has 0 radical (unpaired) electrons. The predicted molar refractivity (Wildman–Crippen MR) is 86.2 cm³/mol. The van der Waals surface area contributed by atoms with Crippen LogP contribution in [0.5, 0.6) is 0 Å². The fourth-order valence-corrected chi connectivity index (χ4v) is 6.07. The van der Waals surface area contributed by atoms with Gasteiger partial charge in [0.1, 0.15) is 0 Å². The zero-order valence-corrected chi connectivity index (χ0v) is 13.4. The van der Waals surface area contributed by atoms with Crippen LogP contribution in [0.1, 0.15) is 56.9 Å². The van der Waals surface area contributed by atoms with Crippen LogP contribution in [-0.4, -0.2) is 5.11 Å². The summed E-state index contributed by atoms with van der Waals surface area (Å²) in [6.07, 6.45) is 10.3. The SMILES string of the molecule is OC1(c2cccc(Cl)c2)[C@@H]2CCCC[C@@H]2[C@H]2CCCC[C@@H]21. The summed E-state index contributed by atoms with van der Waals surface area (Å²) in [5.41, 5.74) is 0.461. The molecule has 3 aliphatic rings. The van der Waals surface area contributed by atoms with Crippen LogP contribution in [0.2, 0.25) is 5.02 Å². The Morgan fingerprint density at radius 3 is 2.05 bits per heavy atom. The molecule has 0 amide bonds. The van der Waals surface area contributed by atoms with Crippen LogP contribution in [0, 0.1) is 23.7 Å². The molecule has 3 saturated carbocycles. The summed E-state index contributed by atoms with van der Waals surface area (Å²) in [6, 6.07) is 8.04. The second kappa shape index (κ2) is 5.28. The molecule has 1 N–H and O–H groups in total. The molecule has 0 saturated heterocycles. The fourth-order valence-electron chi connectivity index (χ4n) is 5.88. The number of rotatable bonds is 1. The standard InChI is InChI=1S/C19H25ClO/c20-14-7-5-6-13(12-14)19(21)17-10-3-1-8-15(17)16-9-2-4-11-18(16)19/h5-7,12,15-18,21H,1-4,8-11H2/t15-,16-,17-,18+,19?/m1/s1. The average Bonchev–Trinajstić information content (AvgIpc) is 2.79. The summed E-state index contributed by atoms with van der Waals surface area (Å²) in [7, 11) is 0. The van der Waals surface area contributed by atoms with Crippen LogP contribution >= 0.6 is 11.6 Å². The van der Waals surface area contributed by atoms with Gasteiger partial charge in [0.25, 0.3) is 0 Å². The minimum Gasteiger partial charge on any atom is -0.385 e. The Hall–Kier alpha value is -0.530. The molecule has 114 valence electrons. The summed E-state index contributed by atoms with van der Waals surface area (Å²) in [5.74, 6) is 2.40. The Balaban J connectivity index is 1.80. The highest BCUT2D eigenvalue weighted by Gasteiger charge is 2.60. The maximum atomic E-state index is 11.8. The van der Waals surface area contributed by atoms with Crippen LogP contribution in [0.4, 0.5) is 0 Å². The zero-order valence-electron chi connectivity index (χ0n) is 12.6. The van der Waals surface area contributed by atoms with Crippen molar-refractivity contribution in [2.45, 2.75) is 57.0 Å². The monoisotopic (exact) mass is 304 g/mol. The first-order chi connectivity index (χ1) is 10.2. The van der Waals surface area contributed by atoms with Crippen molar-refractivity contribution in [1.29, 1.82) is 0 Å². The zero-order chi connectivity index (χ0) is 14.4. The second-order valence-corrected chi connectivity index (χ2v) is 7.88. The largest absolute Gasteiger partial charge is 0.385 e. The highest BCUT2D eigenvalue weighted by Crippen LogP contribution is 2.62. The van der Waals surface area contributed by atoms with Crippen molar-refractivity contribution in [3.8, 4) is 0 Å². The van der Waals surface area contributed by atoms with E-state index < -0.39 is 5.60 Å². The lowest BCUT2D eigenvalue weighted by atomic mass is 9.71. The van der Waals surface area contributed by atoms with E-state index in [0.29, 0.717) is 11.8 Å². The Bertz CT molecular complexity index is 504. The lowest BCUT2D eigenvalue weighted by Gasteiger charge is -2.39. The van der Waals surface area contributed by atoms with E-state index in [1.807, 2.05) is 18.2 Å². The normalized spacial score (nSPS) is 42.4. The molecule has 1 aromatic carbocycles. The summed E-state index contributed by atoms with van der Waals surface area (Å²) in [6.45, 7) is 0. The van der Waals surface area contributed by atoms with Crippen molar-refractivity contribution in [3.05, 3.63) is 34.9 Å². The van der Waals surface area contributed by atoms with E-state index >= 15 is 0 Å². The molecule has 3 aliphatic carbocycles. The highest BCUT2D eigenvalue weighted by molar-refractivity contribution is 6.30. The first kappa shape index (κ1) is 14.1. The molecular weight excluding hydrogens is 280 g/mol. The van der Waals surface area contributed by atoms with Crippen molar-refractivity contribution < 1.29 is 5.11 Å². The molecule has 0 aliphatic heterocycles. The third kappa shape index (κ3) is 2.08. The number of halogens is 1. The average molecular weight is 305 g/mol. The maximum absolute atomic E-state index is 11.8. The first-order valence-corrected chi connectivity index (χ1v) is 9.07. The molecule has 21 heavy (non-hydrogen) atoms. The van der Waals surface area contributed by atoms with Gasteiger partial charge in [0.05, 0.1) is 5.60 Å². The first-order valence-electron chi connectivity index (χ1n) is 8.69. The van der Waals surface area contributed by atoms with Gasteiger partial charge in [-0.25, -0.2) is 0 Å². The number of hydrogen-bond acceptors (Lipinski definition) is 1. The van der Waals surface area contributed by atoms with E-state index in [1.165, 1.54) is 51.4 Å². The smallest absolute Gasteiger partial charge is 0.0958 e. The fraction of sp³-hybridized carbons (Fsp3) is 0.684. The van der Waals surface area contributed by atoms with Gasteiger partial charge in [-0.05, 0) is 67.1 Å². The lowest BCUT2D eigenvalue weighted by molar-refractivity contribution is -0.0650. The van der Waals surface area contributed by atoms with Crippen LogP contribution in [0.25, 0.3) is 0 Å². The Labute approximate surface area is 132 Å². The van der Waals surface area contributed by atoms with Crippen molar-refractivity contribution in [2.24, 2.45) is 23.7 Å². The van der Waals surface area contributed by atoms with E-state index in [2.05, 4.69) is 6.07 Å². The third-order valence-electron chi connectivity index (χ3n) is 6.61. The molecule has 1 nitrogen and oxygen atoms in total. The van der Waals surface area contributed by atoms with Crippen molar-refractivity contribution in [3.63, 3.8) is 0 Å². The molecule has 0 bridgehead atoms. The Morgan fingerprint density at radius 1 is 0.905 bits per heavy atom. The third-order valence-corrected chi connectivity index (χ3v) is 6.84. The number of fused-ring (bicyclic) bond motifs is 3. The van der Waals surface area contributed by atoms with E-state index in [0.717, 1.165) is 22.4 Å². The van der Waals surface area contributed by atoms with E-state index in [4.69, 9.17) is 11.6 Å². The molecule has 4 rings (SSSR count). The van der Waals surface area contributed by atoms with E-state index in [9.17, 15) is 5.11 Å². The molecular formula is C19H25ClO. The van der Waals surface area contributed by atoms with Crippen LogP contribution in [-0.2, 0) is 5.60 Å². The van der Waals surface area contributed by atoms with Crippen molar-refractivity contribution in [1.82, 2.24) is 0 Å². The summed E-state index contributed by atoms with van der Waals surface area (Å²) < 4.78 is 0. The van der Waals surface area contributed by atoms with Gasteiger partial charge in [0.15, 0.2) is 0 Å². The predicted octanol–water partition coefficient (Wildman–Crippen LogP) is 5.15. The second-order valence-electron chi connectivity index (χ2n) is 7.45. The van der Waals surface area contributed by atoms with Gasteiger partial charge in [-0.1, -0.05) is 49.4 Å². The highest BCUT2D eigenvalue weighted by atomic mass is 35.5. The molecule has 1 unspecified atom stereocenters. The Morgan fingerprint density at radius 2 is 1.48 bits per heavy atom. The van der Waals surface area contributed by atoms with Crippen molar-refractivity contribution >= 4 is 11.6 Å².